The summed E-state index contributed by atoms with van der Waals surface area (Å²) in [6.07, 6.45) is -5.50. The molecule has 84 valence electrons. The SMILES string of the molecule is O=C(O)O.O=C(O)O.O=C(O)O.[Cr].[Cr]. The molecule has 0 rings (SSSR count). The summed E-state index contributed by atoms with van der Waals surface area (Å²) in [7, 11) is 0. The molecule has 6 N–H and O–H groups in total. The summed E-state index contributed by atoms with van der Waals surface area (Å²) in [6, 6.07) is 0. The van der Waals surface area contributed by atoms with Gasteiger partial charge in [-0.25, -0.2) is 14.4 Å². The Bertz CT molecular complexity index is 116. The molecule has 0 aromatic heterocycles. The van der Waals surface area contributed by atoms with Crippen molar-refractivity contribution in [2.45, 2.75) is 0 Å². The zero-order chi connectivity index (χ0) is 10.7. The van der Waals surface area contributed by atoms with Gasteiger partial charge in [0.25, 0.3) is 0 Å². The largest absolute Gasteiger partial charge is 0.503 e. The van der Waals surface area contributed by atoms with Crippen LogP contribution in [0.4, 0.5) is 14.4 Å². The summed E-state index contributed by atoms with van der Waals surface area (Å²) in [4.78, 5) is 25.7. The molecule has 0 aromatic rings. The van der Waals surface area contributed by atoms with E-state index in [2.05, 4.69) is 0 Å². The molecule has 0 heterocycles. The smallest absolute Gasteiger partial charge is 0.450 e. The van der Waals surface area contributed by atoms with Gasteiger partial charge in [-0.3, -0.25) is 0 Å². The first kappa shape index (κ1) is 29.3. The van der Waals surface area contributed by atoms with Crippen LogP contribution in [-0.2, 0) is 34.7 Å². The van der Waals surface area contributed by atoms with Crippen molar-refractivity contribution < 1.29 is 79.7 Å². The van der Waals surface area contributed by atoms with Crippen LogP contribution < -0.4 is 0 Å². The first-order valence-corrected chi connectivity index (χ1v) is 1.95. The average molecular weight is 290 g/mol. The predicted molar refractivity (Wildman–Crippen MR) is 32.0 cm³/mol. The van der Waals surface area contributed by atoms with Crippen LogP contribution in [0.25, 0.3) is 0 Å². The topological polar surface area (TPSA) is 173 Å². The van der Waals surface area contributed by atoms with Gasteiger partial charge in [0.2, 0.25) is 0 Å². The molecule has 0 fully saturated rings. The Kier molecular flexibility index (Phi) is 47.4. The number of hydrogen-bond donors (Lipinski definition) is 6. The van der Waals surface area contributed by atoms with Gasteiger partial charge in [-0.1, -0.05) is 0 Å². The maximum atomic E-state index is 8.56. The molecule has 0 radical (unpaired) electrons. The third-order valence-electron chi connectivity index (χ3n) is 0. The van der Waals surface area contributed by atoms with Crippen molar-refractivity contribution in [2.24, 2.45) is 0 Å². The van der Waals surface area contributed by atoms with Crippen LogP contribution in [0.5, 0.6) is 0 Å². The van der Waals surface area contributed by atoms with E-state index in [9.17, 15) is 0 Å². The van der Waals surface area contributed by atoms with E-state index in [1.807, 2.05) is 0 Å². The standard InChI is InChI=1S/3CH2O3.2Cr/c3*2-1(3)4;;/h3*(H2,2,3,4);;. The van der Waals surface area contributed by atoms with Crippen LogP contribution in [-0.4, -0.2) is 49.1 Å². The van der Waals surface area contributed by atoms with Crippen LogP contribution >= 0.6 is 0 Å². The number of hydrogen-bond acceptors (Lipinski definition) is 3. The van der Waals surface area contributed by atoms with Crippen molar-refractivity contribution in [1.29, 1.82) is 0 Å². The van der Waals surface area contributed by atoms with Crippen molar-refractivity contribution >= 4 is 18.5 Å². The molecule has 9 nitrogen and oxygen atoms in total. The number of rotatable bonds is 0. The summed E-state index contributed by atoms with van der Waals surface area (Å²) in [5, 5.41) is 41.8. The van der Waals surface area contributed by atoms with Crippen LogP contribution in [0.3, 0.4) is 0 Å². The maximum Gasteiger partial charge on any atom is 0.503 e. The molecule has 0 bridgehead atoms. The van der Waals surface area contributed by atoms with Crippen molar-refractivity contribution in [1.82, 2.24) is 0 Å². The van der Waals surface area contributed by atoms with Crippen molar-refractivity contribution in [3.63, 3.8) is 0 Å². The van der Waals surface area contributed by atoms with E-state index in [-0.39, 0.29) is 34.7 Å². The summed E-state index contributed by atoms with van der Waals surface area (Å²) < 4.78 is 0. The van der Waals surface area contributed by atoms with Gasteiger partial charge < -0.3 is 30.6 Å². The number of carbonyl (C=O) groups is 3. The fourth-order valence-electron chi connectivity index (χ4n) is 0. The van der Waals surface area contributed by atoms with Crippen LogP contribution in [0.15, 0.2) is 0 Å². The van der Waals surface area contributed by atoms with Crippen molar-refractivity contribution in [3.05, 3.63) is 0 Å². The van der Waals surface area contributed by atoms with E-state index >= 15 is 0 Å². The van der Waals surface area contributed by atoms with E-state index in [4.69, 9.17) is 45.0 Å². The fourth-order valence-corrected chi connectivity index (χ4v) is 0. The predicted octanol–water partition coefficient (Wildman–Crippen LogP) is 0.662. The van der Waals surface area contributed by atoms with Gasteiger partial charge in [0.05, 0.1) is 0 Å². The second kappa shape index (κ2) is 22.6. The fraction of sp³-hybridized carbons (Fsp3) is 0. The normalized spacial score (nSPS) is 5.14. The Labute approximate surface area is 98.5 Å². The Hall–Kier alpha value is -1.13. The molecule has 0 saturated heterocycles. The molecule has 0 aliphatic carbocycles. The van der Waals surface area contributed by atoms with E-state index < -0.39 is 18.5 Å². The Morgan fingerprint density at radius 3 is 0.500 bits per heavy atom. The Morgan fingerprint density at radius 2 is 0.500 bits per heavy atom. The van der Waals surface area contributed by atoms with Gasteiger partial charge in [-0.2, -0.15) is 0 Å². The molecule has 0 aromatic carbocycles. The molecular weight excluding hydrogens is 284 g/mol. The van der Waals surface area contributed by atoms with E-state index in [1.54, 1.807) is 0 Å². The van der Waals surface area contributed by atoms with Crippen molar-refractivity contribution in [3.8, 4) is 0 Å². The maximum absolute atomic E-state index is 8.56. The van der Waals surface area contributed by atoms with Crippen molar-refractivity contribution in [2.75, 3.05) is 0 Å². The summed E-state index contributed by atoms with van der Waals surface area (Å²) in [6.45, 7) is 0. The summed E-state index contributed by atoms with van der Waals surface area (Å²) >= 11 is 0. The molecular formula is C3H6Cr2O9. The monoisotopic (exact) mass is 290 g/mol. The van der Waals surface area contributed by atoms with Gasteiger partial charge in [0.1, 0.15) is 0 Å². The molecule has 0 atom stereocenters. The zero-order valence-corrected chi connectivity index (χ0v) is 8.77. The molecule has 0 unspecified atom stereocenters. The van der Waals surface area contributed by atoms with Gasteiger partial charge >= 0.3 is 18.5 Å². The third kappa shape index (κ3) is 838. The molecule has 11 heteroatoms. The zero-order valence-electron chi connectivity index (χ0n) is 6.22. The van der Waals surface area contributed by atoms with E-state index in [0.29, 0.717) is 0 Å². The first-order chi connectivity index (χ1) is 5.20. The molecule has 0 amide bonds. The number of carboxylic acid groups (broad SMARTS) is 6. The summed E-state index contributed by atoms with van der Waals surface area (Å²) in [5.41, 5.74) is 0. The second-order valence-corrected chi connectivity index (χ2v) is 0.848. The molecule has 14 heavy (non-hydrogen) atoms. The quantitative estimate of drug-likeness (QED) is 0.374. The molecule has 0 spiro atoms. The Morgan fingerprint density at radius 1 is 0.500 bits per heavy atom. The average Bonchev–Trinajstić information content (AvgIpc) is 1.54. The van der Waals surface area contributed by atoms with Gasteiger partial charge in [0.15, 0.2) is 0 Å². The van der Waals surface area contributed by atoms with Crippen LogP contribution in [0, 0.1) is 0 Å². The third-order valence-corrected chi connectivity index (χ3v) is 0. The van der Waals surface area contributed by atoms with Gasteiger partial charge in [-0.05, 0) is 0 Å². The second-order valence-electron chi connectivity index (χ2n) is 0.848. The molecule has 0 aliphatic heterocycles. The first-order valence-electron chi connectivity index (χ1n) is 1.95. The minimum Gasteiger partial charge on any atom is -0.450 e. The van der Waals surface area contributed by atoms with Gasteiger partial charge in [-0.15, -0.1) is 0 Å². The van der Waals surface area contributed by atoms with Crippen LogP contribution in [0.2, 0.25) is 0 Å². The summed E-state index contributed by atoms with van der Waals surface area (Å²) in [5.74, 6) is 0. The van der Waals surface area contributed by atoms with E-state index in [1.165, 1.54) is 0 Å². The minimum absolute atomic E-state index is 0. The van der Waals surface area contributed by atoms with Crippen LogP contribution in [0.1, 0.15) is 0 Å². The van der Waals surface area contributed by atoms with E-state index in [0.717, 1.165) is 0 Å². The minimum atomic E-state index is -1.83. The Balaban J connectivity index is -0.0000000270. The molecule has 0 saturated carbocycles. The molecule has 0 aliphatic rings. The van der Waals surface area contributed by atoms with Gasteiger partial charge in [0, 0.05) is 34.7 Å².